The maximum absolute atomic E-state index is 11.4. The lowest BCUT2D eigenvalue weighted by Gasteiger charge is -2.52. The quantitative estimate of drug-likeness (QED) is 0.671. The molecule has 3 fully saturated rings. The van der Waals surface area contributed by atoms with Crippen molar-refractivity contribution < 1.29 is 9.84 Å². The summed E-state index contributed by atoms with van der Waals surface area (Å²) in [5.41, 5.74) is 1.50. The molecule has 0 aliphatic carbocycles. The molecular weight excluding hydrogens is 336 g/mol. The number of aliphatic hydroxyl groups is 1. The average Bonchev–Trinajstić information content (AvgIpc) is 2.67. The molecule has 132 valence electrons. The van der Waals surface area contributed by atoms with Crippen LogP contribution in [0.15, 0.2) is 43.1 Å². The Bertz CT molecular complexity index is 807. The lowest BCUT2D eigenvalue weighted by Crippen LogP contribution is -2.59. The van der Waals surface area contributed by atoms with Crippen molar-refractivity contribution in [3.8, 4) is 5.75 Å². The van der Waals surface area contributed by atoms with Gasteiger partial charge in [0.15, 0.2) is 5.06 Å². The minimum Gasteiger partial charge on any atom is -0.497 e. The number of piperidine rings is 3. The molecule has 2 aromatic rings. The van der Waals surface area contributed by atoms with E-state index in [2.05, 4.69) is 16.5 Å². The van der Waals surface area contributed by atoms with Gasteiger partial charge in [0.05, 0.1) is 18.7 Å². The summed E-state index contributed by atoms with van der Waals surface area (Å²) in [5.74, 6) is 1.76. The number of rotatable bonds is 4. The molecule has 1 aromatic heterocycles. The number of hydrogen-bond donors (Lipinski definition) is 1. The van der Waals surface area contributed by atoms with Crippen LogP contribution in [-0.4, -0.2) is 41.2 Å². The highest BCUT2D eigenvalue weighted by molar-refractivity contribution is 6.24. The number of nitrogens with zero attached hydrogens (tertiary/aromatic N) is 2. The zero-order chi connectivity index (χ0) is 17.6. The standard InChI is InChI=1S/C20H23ClN2O2/c1-3-13-12-23-9-7-14(13)10-19(23)20(21,24)17-6-8-22-18-5-4-15(25-2)11-16(17)18/h3-6,8,11,13-14,19,24H,1,7,9-10,12H2,2H3/t13-,14-,19-,20+/m0/s1. The van der Waals surface area contributed by atoms with E-state index in [1.165, 1.54) is 0 Å². The molecule has 5 heteroatoms. The van der Waals surface area contributed by atoms with Gasteiger partial charge in [-0.3, -0.25) is 9.88 Å². The fourth-order valence-corrected chi connectivity index (χ4v) is 4.86. The molecule has 0 radical (unpaired) electrons. The van der Waals surface area contributed by atoms with Crippen molar-refractivity contribution in [3.05, 3.63) is 48.7 Å². The third-order valence-electron chi connectivity index (χ3n) is 5.88. The minimum atomic E-state index is -1.46. The van der Waals surface area contributed by atoms with E-state index in [4.69, 9.17) is 16.3 Å². The van der Waals surface area contributed by atoms with Crippen LogP contribution in [-0.2, 0) is 5.06 Å². The second-order valence-corrected chi connectivity index (χ2v) is 7.69. The molecular formula is C20H23ClN2O2. The highest BCUT2D eigenvalue weighted by Gasteiger charge is 2.49. The Morgan fingerprint density at radius 1 is 1.44 bits per heavy atom. The fraction of sp³-hybridized carbons (Fsp3) is 0.450. The first-order chi connectivity index (χ1) is 12.0. The van der Waals surface area contributed by atoms with E-state index in [0.717, 1.165) is 42.6 Å². The fourth-order valence-electron chi connectivity index (χ4n) is 4.47. The molecule has 1 unspecified atom stereocenters. The predicted octanol–water partition coefficient (Wildman–Crippen LogP) is 3.52. The molecule has 2 bridgehead atoms. The van der Waals surface area contributed by atoms with E-state index in [1.807, 2.05) is 30.3 Å². The molecule has 3 aliphatic rings. The number of halogens is 1. The Morgan fingerprint density at radius 2 is 2.28 bits per heavy atom. The summed E-state index contributed by atoms with van der Waals surface area (Å²) < 4.78 is 5.34. The Morgan fingerprint density at radius 3 is 2.96 bits per heavy atom. The number of methoxy groups -OCH3 is 1. The Balaban J connectivity index is 1.76. The predicted molar refractivity (Wildman–Crippen MR) is 99.8 cm³/mol. The molecule has 25 heavy (non-hydrogen) atoms. The number of pyridine rings is 1. The van der Waals surface area contributed by atoms with Crippen LogP contribution in [0.1, 0.15) is 18.4 Å². The van der Waals surface area contributed by atoms with Crippen LogP contribution in [0, 0.1) is 11.8 Å². The van der Waals surface area contributed by atoms with E-state index in [1.54, 1.807) is 13.3 Å². The smallest absolute Gasteiger partial charge is 0.180 e. The summed E-state index contributed by atoms with van der Waals surface area (Å²) >= 11 is 6.82. The van der Waals surface area contributed by atoms with Crippen molar-refractivity contribution in [3.63, 3.8) is 0 Å². The van der Waals surface area contributed by atoms with Gasteiger partial charge in [-0.25, -0.2) is 0 Å². The van der Waals surface area contributed by atoms with Gasteiger partial charge < -0.3 is 9.84 Å². The Labute approximate surface area is 153 Å². The van der Waals surface area contributed by atoms with Gasteiger partial charge in [0.1, 0.15) is 5.75 Å². The van der Waals surface area contributed by atoms with Gasteiger partial charge in [-0.05, 0) is 55.5 Å². The van der Waals surface area contributed by atoms with Gasteiger partial charge in [0.2, 0.25) is 0 Å². The highest BCUT2D eigenvalue weighted by atomic mass is 35.5. The highest BCUT2D eigenvalue weighted by Crippen LogP contribution is 2.46. The first kappa shape index (κ1) is 16.8. The molecule has 0 amide bonds. The van der Waals surface area contributed by atoms with E-state index >= 15 is 0 Å². The minimum absolute atomic E-state index is 0.110. The van der Waals surface area contributed by atoms with Gasteiger partial charge in [0.25, 0.3) is 0 Å². The second-order valence-electron chi connectivity index (χ2n) is 7.11. The number of benzene rings is 1. The molecule has 1 aromatic carbocycles. The van der Waals surface area contributed by atoms with Crippen LogP contribution < -0.4 is 4.74 Å². The van der Waals surface area contributed by atoms with Crippen molar-refractivity contribution >= 4 is 22.5 Å². The maximum atomic E-state index is 11.4. The first-order valence-electron chi connectivity index (χ1n) is 8.75. The largest absolute Gasteiger partial charge is 0.497 e. The topological polar surface area (TPSA) is 45.6 Å². The van der Waals surface area contributed by atoms with Crippen molar-refractivity contribution in [2.75, 3.05) is 20.2 Å². The van der Waals surface area contributed by atoms with Crippen molar-refractivity contribution in [2.45, 2.75) is 23.9 Å². The molecule has 1 N–H and O–H groups in total. The summed E-state index contributed by atoms with van der Waals surface area (Å²) in [6, 6.07) is 7.37. The van der Waals surface area contributed by atoms with E-state index < -0.39 is 5.06 Å². The van der Waals surface area contributed by atoms with E-state index in [-0.39, 0.29) is 6.04 Å². The van der Waals surface area contributed by atoms with Crippen molar-refractivity contribution in [1.82, 2.24) is 9.88 Å². The van der Waals surface area contributed by atoms with Gasteiger partial charge in [-0.2, -0.15) is 0 Å². The third-order valence-corrected chi connectivity index (χ3v) is 6.33. The molecule has 5 atom stereocenters. The number of fused-ring (bicyclic) bond motifs is 4. The van der Waals surface area contributed by atoms with Crippen LogP contribution in [0.4, 0.5) is 0 Å². The van der Waals surface area contributed by atoms with Gasteiger partial charge >= 0.3 is 0 Å². The molecule has 4 heterocycles. The van der Waals surface area contributed by atoms with Crippen LogP contribution in [0.2, 0.25) is 0 Å². The average molecular weight is 359 g/mol. The van der Waals surface area contributed by atoms with Gasteiger partial charge in [-0.15, -0.1) is 6.58 Å². The lowest BCUT2D eigenvalue weighted by atomic mass is 9.73. The maximum Gasteiger partial charge on any atom is 0.180 e. The van der Waals surface area contributed by atoms with E-state index in [9.17, 15) is 5.11 Å². The molecule has 0 spiro atoms. The summed E-state index contributed by atoms with van der Waals surface area (Å²) in [7, 11) is 1.63. The number of aromatic nitrogens is 1. The summed E-state index contributed by atoms with van der Waals surface area (Å²) in [6.07, 6.45) is 5.78. The van der Waals surface area contributed by atoms with E-state index in [0.29, 0.717) is 17.4 Å². The second kappa shape index (κ2) is 6.27. The summed E-state index contributed by atoms with van der Waals surface area (Å²) in [6.45, 7) is 5.85. The number of ether oxygens (including phenoxy) is 1. The zero-order valence-electron chi connectivity index (χ0n) is 14.4. The van der Waals surface area contributed by atoms with Crippen LogP contribution in [0.25, 0.3) is 10.9 Å². The molecule has 5 rings (SSSR count). The van der Waals surface area contributed by atoms with Crippen LogP contribution in [0.5, 0.6) is 5.75 Å². The Hall–Kier alpha value is -1.62. The monoisotopic (exact) mass is 358 g/mol. The normalized spacial score (nSPS) is 30.8. The Kier molecular flexibility index (Phi) is 4.22. The molecule has 3 saturated heterocycles. The zero-order valence-corrected chi connectivity index (χ0v) is 15.1. The van der Waals surface area contributed by atoms with Gasteiger partial charge in [0, 0.05) is 23.7 Å². The molecule has 3 aliphatic heterocycles. The summed E-state index contributed by atoms with van der Waals surface area (Å²) in [5, 5.41) is 10.8. The molecule has 4 nitrogen and oxygen atoms in total. The first-order valence-corrected chi connectivity index (χ1v) is 9.13. The molecule has 0 saturated carbocycles. The van der Waals surface area contributed by atoms with Crippen LogP contribution in [0.3, 0.4) is 0 Å². The van der Waals surface area contributed by atoms with Crippen molar-refractivity contribution in [1.29, 1.82) is 0 Å². The van der Waals surface area contributed by atoms with Crippen molar-refractivity contribution in [2.24, 2.45) is 11.8 Å². The van der Waals surface area contributed by atoms with Crippen LogP contribution >= 0.6 is 11.6 Å². The van der Waals surface area contributed by atoms with Gasteiger partial charge in [-0.1, -0.05) is 17.7 Å². The third kappa shape index (κ3) is 2.73. The SMILES string of the molecule is C=C[C@H]1CN2CC[C@H]1C[C@H]2[C@@](O)(Cl)c1ccnc2ccc(OC)cc12. The number of alkyl halides is 1. The summed E-state index contributed by atoms with van der Waals surface area (Å²) in [4.78, 5) is 6.71. The number of hydrogen-bond acceptors (Lipinski definition) is 4. The lowest BCUT2D eigenvalue weighted by molar-refractivity contribution is -0.0653.